The van der Waals surface area contributed by atoms with E-state index in [-0.39, 0.29) is 12.2 Å². The smallest absolute Gasteiger partial charge is 0.478 e. The average Bonchev–Trinajstić information content (AvgIpc) is 2.65. The highest BCUT2D eigenvalue weighted by Gasteiger charge is 2.52. The molecule has 0 saturated carbocycles. The van der Waals surface area contributed by atoms with Crippen LogP contribution in [-0.4, -0.2) is 41.1 Å². The number of carbonyl (C=O) groups is 1. The van der Waals surface area contributed by atoms with E-state index in [4.69, 9.17) is 14.4 Å². The first-order valence-corrected chi connectivity index (χ1v) is 7.16. The molecular weight excluding hydrogens is 283 g/mol. The summed E-state index contributed by atoms with van der Waals surface area (Å²) in [6, 6.07) is 6.50. The van der Waals surface area contributed by atoms with Crippen LogP contribution >= 0.6 is 0 Å². The molecule has 5 nitrogen and oxygen atoms in total. The van der Waals surface area contributed by atoms with Gasteiger partial charge in [-0.05, 0) is 50.9 Å². The molecule has 0 atom stereocenters. The molecule has 0 unspecified atom stereocenters. The highest BCUT2D eigenvalue weighted by Crippen LogP contribution is 2.38. The first-order valence-electron chi connectivity index (χ1n) is 7.16. The molecule has 1 heterocycles. The molecule has 0 aromatic heterocycles. The third-order valence-corrected chi connectivity index (χ3v) is 4.22. The summed E-state index contributed by atoms with van der Waals surface area (Å²) < 4.78 is 11.8. The summed E-state index contributed by atoms with van der Waals surface area (Å²) in [4.78, 5) is 11.0. The summed E-state index contributed by atoms with van der Waals surface area (Å²) in [6.07, 6.45) is 1.70. The predicted molar refractivity (Wildman–Crippen MR) is 84.5 cm³/mol. The maximum Gasteiger partial charge on any atom is 0.492 e. The third-order valence-electron chi connectivity index (χ3n) is 4.22. The Bertz CT molecular complexity index is 590. The Morgan fingerprint density at radius 1 is 1.23 bits per heavy atom. The van der Waals surface area contributed by atoms with Gasteiger partial charge in [0, 0.05) is 0 Å². The molecular formula is C16H21BO5. The van der Waals surface area contributed by atoms with Crippen LogP contribution in [0.15, 0.2) is 29.7 Å². The van der Waals surface area contributed by atoms with Gasteiger partial charge in [-0.2, -0.15) is 0 Å². The molecule has 6 heteroatoms. The van der Waals surface area contributed by atoms with Crippen LogP contribution < -0.4 is 0 Å². The SMILES string of the molecule is CC1(C)OB(C(=Cc2cccc(C(=O)O)c2)CO)OC1(C)C. The Morgan fingerprint density at radius 3 is 2.32 bits per heavy atom. The zero-order chi connectivity index (χ0) is 16.5. The number of carboxylic acids is 1. The Labute approximate surface area is 130 Å². The second-order valence-corrected chi connectivity index (χ2v) is 6.40. The topological polar surface area (TPSA) is 76.0 Å². The largest absolute Gasteiger partial charge is 0.492 e. The molecule has 0 bridgehead atoms. The highest BCUT2D eigenvalue weighted by atomic mass is 16.7. The zero-order valence-corrected chi connectivity index (χ0v) is 13.3. The molecule has 1 aromatic rings. The van der Waals surface area contributed by atoms with Crippen molar-refractivity contribution in [1.82, 2.24) is 0 Å². The second-order valence-electron chi connectivity index (χ2n) is 6.40. The molecule has 2 rings (SSSR count). The van der Waals surface area contributed by atoms with E-state index in [2.05, 4.69) is 0 Å². The summed E-state index contributed by atoms with van der Waals surface area (Å²) in [5, 5.41) is 18.7. The molecule has 1 fully saturated rings. The first kappa shape index (κ1) is 16.7. The van der Waals surface area contributed by atoms with E-state index >= 15 is 0 Å². The second kappa shape index (κ2) is 5.87. The van der Waals surface area contributed by atoms with Gasteiger partial charge in [-0.1, -0.05) is 18.2 Å². The molecule has 22 heavy (non-hydrogen) atoms. The van der Waals surface area contributed by atoms with E-state index in [9.17, 15) is 9.90 Å². The van der Waals surface area contributed by atoms with Crippen LogP contribution in [0, 0.1) is 0 Å². The third kappa shape index (κ3) is 3.24. The number of rotatable bonds is 4. The fourth-order valence-electron chi connectivity index (χ4n) is 2.16. The molecule has 0 spiro atoms. The van der Waals surface area contributed by atoms with Gasteiger partial charge in [0.2, 0.25) is 0 Å². The predicted octanol–water partition coefficient (Wildman–Crippen LogP) is 2.39. The standard InChI is InChI=1S/C16H21BO5/c1-15(2)16(3,4)22-17(21-15)13(10-18)9-11-6-5-7-12(8-11)14(19)20/h5-9,18H,10H2,1-4H3,(H,19,20). The Balaban J connectivity index is 2.29. The van der Waals surface area contributed by atoms with Crippen LogP contribution in [0.2, 0.25) is 0 Å². The quantitative estimate of drug-likeness (QED) is 0.835. The van der Waals surface area contributed by atoms with Gasteiger partial charge in [-0.3, -0.25) is 0 Å². The van der Waals surface area contributed by atoms with Crippen molar-refractivity contribution in [1.29, 1.82) is 0 Å². The summed E-state index contributed by atoms with van der Waals surface area (Å²) in [7, 11) is -0.650. The summed E-state index contributed by atoms with van der Waals surface area (Å²) in [5.74, 6) is -0.989. The van der Waals surface area contributed by atoms with Crippen LogP contribution in [0.5, 0.6) is 0 Å². The minimum absolute atomic E-state index is 0.194. The van der Waals surface area contributed by atoms with E-state index in [1.807, 2.05) is 27.7 Å². The minimum atomic E-state index is -0.989. The molecule has 1 aromatic carbocycles. The van der Waals surface area contributed by atoms with Crippen molar-refractivity contribution in [2.45, 2.75) is 38.9 Å². The normalized spacial score (nSPS) is 20.2. The molecule has 2 N–H and O–H groups in total. The Morgan fingerprint density at radius 2 is 1.82 bits per heavy atom. The van der Waals surface area contributed by atoms with Crippen LogP contribution in [-0.2, 0) is 9.31 Å². The van der Waals surface area contributed by atoms with E-state index in [1.54, 1.807) is 24.3 Å². The van der Waals surface area contributed by atoms with Gasteiger partial charge in [0.15, 0.2) is 0 Å². The molecule has 0 radical (unpaired) electrons. The number of aliphatic hydroxyl groups is 1. The van der Waals surface area contributed by atoms with Crippen molar-refractivity contribution in [3.05, 3.63) is 40.9 Å². The van der Waals surface area contributed by atoms with E-state index in [1.165, 1.54) is 6.07 Å². The molecule has 0 aliphatic carbocycles. The fourth-order valence-corrected chi connectivity index (χ4v) is 2.16. The molecule has 1 aliphatic rings. The van der Waals surface area contributed by atoms with Crippen molar-refractivity contribution < 1.29 is 24.3 Å². The van der Waals surface area contributed by atoms with Gasteiger partial charge < -0.3 is 19.5 Å². The summed E-state index contributed by atoms with van der Waals surface area (Å²) in [6.45, 7) is 7.52. The number of benzene rings is 1. The fraction of sp³-hybridized carbons (Fsp3) is 0.438. The van der Waals surface area contributed by atoms with Gasteiger partial charge in [-0.15, -0.1) is 0 Å². The molecule has 0 amide bonds. The number of aliphatic hydroxyl groups excluding tert-OH is 1. The highest BCUT2D eigenvalue weighted by molar-refractivity contribution is 6.55. The maximum atomic E-state index is 11.0. The zero-order valence-electron chi connectivity index (χ0n) is 13.3. The van der Waals surface area contributed by atoms with Gasteiger partial charge in [-0.25, -0.2) is 4.79 Å². The van der Waals surface area contributed by atoms with Crippen molar-refractivity contribution >= 4 is 19.2 Å². The van der Waals surface area contributed by atoms with Crippen molar-refractivity contribution in [3.63, 3.8) is 0 Å². The first-order chi connectivity index (χ1) is 10.2. The summed E-state index contributed by atoms with van der Waals surface area (Å²) in [5.41, 5.74) is 0.448. The van der Waals surface area contributed by atoms with Gasteiger partial charge in [0.05, 0.1) is 23.4 Å². The van der Waals surface area contributed by atoms with Crippen molar-refractivity contribution in [2.75, 3.05) is 6.61 Å². The van der Waals surface area contributed by atoms with Gasteiger partial charge >= 0.3 is 13.1 Å². The number of aromatic carboxylic acids is 1. The molecule has 1 aliphatic heterocycles. The number of hydrogen-bond acceptors (Lipinski definition) is 4. The van der Waals surface area contributed by atoms with E-state index in [0.717, 1.165) is 0 Å². The lowest BCUT2D eigenvalue weighted by molar-refractivity contribution is 0.00578. The van der Waals surface area contributed by atoms with E-state index < -0.39 is 24.3 Å². The lowest BCUT2D eigenvalue weighted by Gasteiger charge is -2.32. The maximum absolute atomic E-state index is 11.0. The molecule has 118 valence electrons. The van der Waals surface area contributed by atoms with Crippen molar-refractivity contribution in [3.8, 4) is 0 Å². The lowest BCUT2D eigenvalue weighted by atomic mass is 9.77. The van der Waals surface area contributed by atoms with Gasteiger partial charge in [0.25, 0.3) is 0 Å². The average molecular weight is 304 g/mol. The van der Waals surface area contributed by atoms with Crippen LogP contribution in [0.4, 0.5) is 0 Å². The summed E-state index contributed by atoms with van der Waals surface area (Å²) >= 11 is 0. The van der Waals surface area contributed by atoms with E-state index in [0.29, 0.717) is 11.0 Å². The van der Waals surface area contributed by atoms with Crippen LogP contribution in [0.1, 0.15) is 43.6 Å². The lowest BCUT2D eigenvalue weighted by Crippen LogP contribution is -2.41. The minimum Gasteiger partial charge on any atom is -0.478 e. The number of carboxylic acid groups (broad SMARTS) is 1. The Hall–Kier alpha value is -1.63. The Kier molecular flexibility index (Phi) is 4.47. The number of hydrogen-bond donors (Lipinski definition) is 2. The van der Waals surface area contributed by atoms with Crippen molar-refractivity contribution in [2.24, 2.45) is 0 Å². The monoisotopic (exact) mass is 304 g/mol. The molecule has 1 saturated heterocycles. The van der Waals surface area contributed by atoms with Gasteiger partial charge in [0.1, 0.15) is 0 Å². The van der Waals surface area contributed by atoms with Crippen LogP contribution in [0.3, 0.4) is 0 Å². The van der Waals surface area contributed by atoms with Crippen LogP contribution in [0.25, 0.3) is 6.08 Å².